The zero-order valence-corrected chi connectivity index (χ0v) is 14.8. The van der Waals surface area contributed by atoms with Crippen LogP contribution in [-0.4, -0.2) is 33.7 Å². The van der Waals surface area contributed by atoms with Gasteiger partial charge >= 0.3 is 0 Å². The Bertz CT molecular complexity index is 742. The minimum absolute atomic E-state index is 0.0640. The summed E-state index contributed by atoms with van der Waals surface area (Å²) >= 11 is 0. The molecule has 1 heterocycles. The van der Waals surface area contributed by atoms with Gasteiger partial charge in [-0.2, -0.15) is 5.10 Å². The number of nitrogens with zero attached hydrogens (tertiary/aromatic N) is 2. The van der Waals surface area contributed by atoms with Gasteiger partial charge in [0.05, 0.1) is 29.2 Å². The lowest BCUT2D eigenvalue weighted by atomic mass is 10.1. The van der Waals surface area contributed by atoms with E-state index in [4.69, 9.17) is 0 Å². The minimum Gasteiger partial charge on any atom is -0.350 e. The van der Waals surface area contributed by atoms with E-state index < -0.39 is 0 Å². The predicted molar refractivity (Wildman–Crippen MR) is 93.3 cm³/mol. The molecule has 0 aliphatic carbocycles. The number of carbonyl (C=O) groups excluding carboxylic acids is 2. The Hall–Kier alpha value is -2.63. The van der Waals surface area contributed by atoms with Gasteiger partial charge in [-0.25, -0.2) is 4.68 Å². The second-order valence-electron chi connectivity index (χ2n) is 6.77. The standard InChI is InChI=1S/C18H24N4O2/c1-12-16(17(24)19-11-15(23)20-18(3,4)5)13(2)22(21-12)14-9-7-6-8-10-14/h6-10H,11H2,1-5H3,(H,19,24)(H,20,23). The molecule has 2 aromatic rings. The van der Waals surface area contributed by atoms with Crippen molar-refractivity contribution in [3.05, 3.63) is 47.3 Å². The van der Waals surface area contributed by atoms with Crippen molar-refractivity contribution in [2.75, 3.05) is 6.54 Å². The van der Waals surface area contributed by atoms with E-state index in [0.717, 1.165) is 11.4 Å². The quantitative estimate of drug-likeness (QED) is 0.903. The van der Waals surface area contributed by atoms with E-state index in [2.05, 4.69) is 15.7 Å². The summed E-state index contributed by atoms with van der Waals surface area (Å²) in [5.74, 6) is -0.516. The molecular formula is C18H24N4O2. The van der Waals surface area contributed by atoms with E-state index in [9.17, 15) is 9.59 Å². The molecule has 0 bridgehead atoms. The lowest BCUT2D eigenvalue weighted by molar-refractivity contribution is -0.121. The normalized spacial score (nSPS) is 11.2. The summed E-state index contributed by atoms with van der Waals surface area (Å²) < 4.78 is 1.74. The molecule has 24 heavy (non-hydrogen) atoms. The molecule has 0 saturated heterocycles. The summed E-state index contributed by atoms with van der Waals surface area (Å²) in [4.78, 5) is 24.3. The fourth-order valence-corrected chi connectivity index (χ4v) is 2.50. The van der Waals surface area contributed by atoms with E-state index in [-0.39, 0.29) is 23.9 Å². The smallest absolute Gasteiger partial charge is 0.255 e. The maximum absolute atomic E-state index is 12.5. The third-order valence-electron chi connectivity index (χ3n) is 3.44. The molecule has 2 N–H and O–H groups in total. The molecule has 6 nitrogen and oxygen atoms in total. The first kappa shape index (κ1) is 17.7. The summed E-state index contributed by atoms with van der Waals surface area (Å²) in [6.07, 6.45) is 0. The Kier molecular flexibility index (Phi) is 5.07. The van der Waals surface area contributed by atoms with Crippen molar-refractivity contribution in [1.29, 1.82) is 0 Å². The topological polar surface area (TPSA) is 76.0 Å². The molecular weight excluding hydrogens is 304 g/mol. The number of rotatable bonds is 4. The van der Waals surface area contributed by atoms with Crippen molar-refractivity contribution in [1.82, 2.24) is 20.4 Å². The Morgan fingerprint density at radius 3 is 2.33 bits per heavy atom. The van der Waals surface area contributed by atoms with Crippen LogP contribution in [0.4, 0.5) is 0 Å². The highest BCUT2D eigenvalue weighted by Gasteiger charge is 2.20. The SMILES string of the molecule is Cc1nn(-c2ccccc2)c(C)c1C(=O)NCC(=O)NC(C)(C)C. The van der Waals surface area contributed by atoms with Crippen molar-refractivity contribution < 1.29 is 9.59 Å². The number of aryl methyl sites for hydroxylation is 1. The molecule has 0 spiro atoms. The van der Waals surface area contributed by atoms with Crippen LogP contribution in [0.2, 0.25) is 0 Å². The summed E-state index contributed by atoms with van der Waals surface area (Å²) in [6, 6.07) is 9.62. The molecule has 128 valence electrons. The van der Waals surface area contributed by atoms with E-state index in [0.29, 0.717) is 11.3 Å². The first-order valence-corrected chi connectivity index (χ1v) is 7.90. The Balaban J connectivity index is 2.13. The van der Waals surface area contributed by atoms with Crippen LogP contribution in [-0.2, 0) is 4.79 Å². The van der Waals surface area contributed by atoms with Gasteiger partial charge in [0.2, 0.25) is 5.91 Å². The number of hydrogen-bond donors (Lipinski definition) is 2. The van der Waals surface area contributed by atoms with E-state index in [1.807, 2.05) is 58.0 Å². The first-order chi connectivity index (χ1) is 11.2. The van der Waals surface area contributed by atoms with Crippen LogP contribution in [0.15, 0.2) is 30.3 Å². The molecule has 0 atom stereocenters. The van der Waals surface area contributed by atoms with Crippen LogP contribution in [0.5, 0.6) is 0 Å². The number of carbonyl (C=O) groups is 2. The highest BCUT2D eigenvalue weighted by Crippen LogP contribution is 2.17. The molecule has 0 radical (unpaired) electrons. The summed E-state index contributed by atoms with van der Waals surface area (Å²) in [5, 5.41) is 9.92. The number of aromatic nitrogens is 2. The summed E-state index contributed by atoms with van der Waals surface area (Å²) in [6.45, 7) is 9.25. The van der Waals surface area contributed by atoms with E-state index in [1.165, 1.54) is 0 Å². The molecule has 0 unspecified atom stereocenters. The van der Waals surface area contributed by atoms with Crippen LogP contribution in [0.3, 0.4) is 0 Å². The van der Waals surface area contributed by atoms with Gasteiger partial charge in [0, 0.05) is 5.54 Å². The first-order valence-electron chi connectivity index (χ1n) is 7.90. The number of para-hydroxylation sites is 1. The zero-order valence-electron chi connectivity index (χ0n) is 14.8. The largest absolute Gasteiger partial charge is 0.350 e. The molecule has 1 aromatic heterocycles. The van der Waals surface area contributed by atoms with Gasteiger partial charge in [0.25, 0.3) is 5.91 Å². The lowest BCUT2D eigenvalue weighted by Gasteiger charge is -2.20. The monoisotopic (exact) mass is 328 g/mol. The van der Waals surface area contributed by atoms with Gasteiger partial charge < -0.3 is 10.6 Å². The van der Waals surface area contributed by atoms with Crippen molar-refractivity contribution in [2.24, 2.45) is 0 Å². The van der Waals surface area contributed by atoms with E-state index in [1.54, 1.807) is 11.6 Å². The van der Waals surface area contributed by atoms with Crippen LogP contribution >= 0.6 is 0 Å². The molecule has 6 heteroatoms. The Morgan fingerprint density at radius 2 is 1.75 bits per heavy atom. The third-order valence-corrected chi connectivity index (χ3v) is 3.44. The van der Waals surface area contributed by atoms with Crippen molar-refractivity contribution in [2.45, 2.75) is 40.2 Å². The molecule has 0 fully saturated rings. The second kappa shape index (κ2) is 6.86. The summed E-state index contributed by atoms with van der Waals surface area (Å²) in [5.41, 5.74) is 2.44. The zero-order chi connectivity index (χ0) is 17.9. The molecule has 0 saturated carbocycles. The minimum atomic E-state index is -0.328. The Labute approximate surface area is 142 Å². The Morgan fingerprint density at radius 1 is 1.12 bits per heavy atom. The average molecular weight is 328 g/mol. The van der Waals surface area contributed by atoms with Crippen LogP contribution < -0.4 is 10.6 Å². The highest BCUT2D eigenvalue weighted by molar-refractivity contribution is 5.98. The fourth-order valence-electron chi connectivity index (χ4n) is 2.50. The predicted octanol–water partition coefficient (Wildman–Crippen LogP) is 2.13. The lowest BCUT2D eigenvalue weighted by Crippen LogP contribution is -2.45. The van der Waals surface area contributed by atoms with Gasteiger partial charge in [-0.3, -0.25) is 9.59 Å². The van der Waals surface area contributed by atoms with Gasteiger partial charge in [-0.15, -0.1) is 0 Å². The van der Waals surface area contributed by atoms with Gasteiger partial charge in [-0.1, -0.05) is 18.2 Å². The molecule has 0 aliphatic heterocycles. The maximum atomic E-state index is 12.5. The second-order valence-corrected chi connectivity index (χ2v) is 6.77. The van der Waals surface area contributed by atoms with Crippen molar-refractivity contribution >= 4 is 11.8 Å². The average Bonchev–Trinajstić information content (AvgIpc) is 2.79. The number of amides is 2. The maximum Gasteiger partial charge on any atom is 0.255 e. The van der Waals surface area contributed by atoms with Crippen LogP contribution in [0.1, 0.15) is 42.5 Å². The van der Waals surface area contributed by atoms with Gasteiger partial charge in [0.15, 0.2) is 0 Å². The molecule has 2 amide bonds. The molecule has 0 aliphatic rings. The summed E-state index contributed by atoms with van der Waals surface area (Å²) in [7, 11) is 0. The molecule has 2 rings (SSSR count). The van der Waals surface area contributed by atoms with Crippen LogP contribution in [0, 0.1) is 13.8 Å². The fraction of sp³-hybridized carbons (Fsp3) is 0.389. The third kappa shape index (κ3) is 4.22. The molecule has 1 aromatic carbocycles. The number of hydrogen-bond acceptors (Lipinski definition) is 3. The van der Waals surface area contributed by atoms with E-state index >= 15 is 0 Å². The van der Waals surface area contributed by atoms with Crippen molar-refractivity contribution in [3.63, 3.8) is 0 Å². The highest BCUT2D eigenvalue weighted by atomic mass is 16.2. The number of nitrogens with one attached hydrogen (secondary N) is 2. The number of benzene rings is 1. The van der Waals surface area contributed by atoms with Gasteiger partial charge in [0.1, 0.15) is 0 Å². The van der Waals surface area contributed by atoms with Crippen LogP contribution in [0.25, 0.3) is 5.69 Å². The van der Waals surface area contributed by atoms with Crippen molar-refractivity contribution in [3.8, 4) is 5.69 Å². The van der Waals surface area contributed by atoms with Gasteiger partial charge in [-0.05, 0) is 46.8 Å².